The highest BCUT2D eigenvalue weighted by Crippen LogP contribution is 2.40. The molecule has 7 atom stereocenters. The summed E-state index contributed by atoms with van der Waals surface area (Å²) in [7, 11) is 1.63. The lowest BCUT2D eigenvalue weighted by Crippen LogP contribution is -2.54. The van der Waals surface area contributed by atoms with Gasteiger partial charge in [-0.15, -0.1) is 4.65 Å². The fraction of sp³-hybridized carbons (Fsp3) is 0.905. The molecule has 0 radical (unpaired) electrons. The third-order valence-electron chi connectivity index (χ3n) is 7.12. The normalized spacial score (nSPS) is 36.9. The van der Waals surface area contributed by atoms with Gasteiger partial charge in [-0.1, -0.05) is 0 Å². The number of carbonyl (C=O) groups excluding carboxylic acids is 2. The summed E-state index contributed by atoms with van der Waals surface area (Å²) in [6, 6.07) is 0. The standard InChI is InChI=1S/C21H34NO7/c1-3-22(8-10-25-2,29-21(24)17-13-15-5-7-19(17)28-15)9-11-26-20(23)16-12-14-4-6-18(16)27-14/h14-19H,3-13H2,1-2H3/q+1. The Kier molecular flexibility index (Phi) is 6.44. The smallest absolute Gasteiger partial charge is 0.372 e. The molecule has 8 nitrogen and oxygen atoms in total. The van der Waals surface area contributed by atoms with Crippen molar-refractivity contribution in [2.45, 2.75) is 69.9 Å². The summed E-state index contributed by atoms with van der Waals surface area (Å²) in [5, 5.41) is 0. The van der Waals surface area contributed by atoms with E-state index in [2.05, 4.69) is 0 Å². The van der Waals surface area contributed by atoms with Crippen molar-refractivity contribution in [2.75, 3.05) is 40.0 Å². The highest BCUT2D eigenvalue weighted by Gasteiger charge is 2.48. The van der Waals surface area contributed by atoms with Crippen molar-refractivity contribution in [2.24, 2.45) is 11.8 Å². The van der Waals surface area contributed by atoms with E-state index in [9.17, 15) is 9.59 Å². The molecule has 4 saturated heterocycles. The lowest BCUT2D eigenvalue weighted by Gasteiger charge is -2.34. The van der Waals surface area contributed by atoms with Crippen LogP contribution in [-0.4, -0.2) is 81.0 Å². The molecule has 7 unspecified atom stereocenters. The zero-order valence-electron chi connectivity index (χ0n) is 17.5. The molecular weight excluding hydrogens is 378 g/mol. The van der Waals surface area contributed by atoms with Gasteiger partial charge < -0.3 is 18.9 Å². The van der Waals surface area contributed by atoms with Crippen LogP contribution >= 0.6 is 0 Å². The van der Waals surface area contributed by atoms with Gasteiger partial charge in [-0.3, -0.25) is 9.63 Å². The number of hydroxylamine groups is 3. The van der Waals surface area contributed by atoms with E-state index in [1.54, 1.807) is 7.11 Å². The second kappa shape index (κ2) is 8.88. The monoisotopic (exact) mass is 412 g/mol. The second-order valence-electron chi connectivity index (χ2n) is 8.82. The number of quaternary nitrogens is 1. The summed E-state index contributed by atoms with van der Waals surface area (Å²) < 4.78 is 22.5. The van der Waals surface area contributed by atoms with Crippen LogP contribution in [0.5, 0.6) is 0 Å². The maximum atomic E-state index is 12.9. The second-order valence-corrected chi connectivity index (χ2v) is 8.82. The Hall–Kier alpha value is -1.22. The number of methoxy groups -OCH3 is 1. The van der Waals surface area contributed by atoms with Crippen LogP contribution < -0.4 is 0 Å². The Bertz CT molecular complexity index is 614. The van der Waals surface area contributed by atoms with Crippen molar-refractivity contribution in [3.63, 3.8) is 0 Å². The van der Waals surface area contributed by atoms with E-state index in [4.69, 9.17) is 23.8 Å². The fourth-order valence-electron chi connectivity index (χ4n) is 5.29. The van der Waals surface area contributed by atoms with Gasteiger partial charge in [0.1, 0.15) is 19.7 Å². The average molecular weight is 413 g/mol. The van der Waals surface area contributed by atoms with Crippen molar-refractivity contribution in [1.82, 2.24) is 0 Å². The molecule has 0 saturated carbocycles. The third-order valence-corrected chi connectivity index (χ3v) is 7.12. The highest BCUT2D eigenvalue weighted by molar-refractivity contribution is 5.74. The Morgan fingerprint density at radius 3 is 1.97 bits per heavy atom. The van der Waals surface area contributed by atoms with Crippen LogP contribution in [0.4, 0.5) is 0 Å². The van der Waals surface area contributed by atoms with Crippen LogP contribution in [0.15, 0.2) is 0 Å². The van der Waals surface area contributed by atoms with E-state index in [-0.39, 0.29) is 59.4 Å². The molecule has 4 rings (SSSR count). The third kappa shape index (κ3) is 4.45. The van der Waals surface area contributed by atoms with Crippen molar-refractivity contribution >= 4 is 11.9 Å². The van der Waals surface area contributed by atoms with Gasteiger partial charge in [-0.25, -0.2) is 4.79 Å². The number of nitrogens with zero attached hydrogens (tertiary/aromatic N) is 1. The van der Waals surface area contributed by atoms with Gasteiger partial charge in [0.2, 0.25) is 0 Å². The highest BCUT2D eigenvalue weighted by atomic mass is 16.7. The van der Waals surface area contributed by atoms with Crippen LogP contribution in [0.25, 0.3) is 0 Å². The van der Waals surface area contributed by atoms with Crippen LogP contribution in [0.2, 0.25) is 0 Å². The first kappa shape index (κ1) is 21.0. The largest absolute Gasteiger partial charge is 0.459 e. The zero-order chi connectivity index (χ0) is 20.4. The minimum absolute atomic E-state index is 0.00991. The van der Waals surface area contributed by atoms with Crippen molar-refractivity contribution < 1.29 is 38.0 Å². The lowest BCUT2D eigenvalue weighted by atomic mass is 9.89. The van der Waals surface area contributed by atoms with E-state index < -0.39 is 0 Å². The Morgan fingerprint density at radius 1 is 0.897 bits per heavy atom. The number of carbonyl (C=O) groups is 2. The van der Waals surface area contributed by atoms with Crippen molar-refractivity contribution in [1.29, 1.82) is 0 Å². The van der Waals surface area contributed by atoms with Gasteiger partial charge in [-0.05, 0) is 45.4 Å². The van der Waals surface area contributed by atoms with Gasteiger partial charge in [0.25, 0.3) is 0 Å². The molecule has 4 fully saturated rings. The number of hydrogen-bond donors (Lipinski definition) is 0. The summed E-state index contributed by atoms with van der Waals surface area (Å²) in [6.07, 6.45) is 5.88. The number of esters is 1. The van der Waals surface area contributed by atoms with Crippen LogP contribution in [0.1, 0.15) is 45.4 Å². The van der Waals surface area contributed by atoms with E-state index in [1.165, 1.54) is 0 Å². The molecule has 0 aromatic heterocycles. The molecule has 4 aliphatic heterocycles. The molecule has 4 heterocycles. The zero-order valence-corrected chi connectivity index (χ0v) is 17.5. The molecular formula is C21H34NO7+. The van der Waals surface area contributed by atoms with Crippen molar-refractivity contribution in [3.05, 3.63) is 0 Å². The predicted molar refractivity (Wildman–Crippen MR) is 101 cm³/mol. The summed E-state index contributed by atoms with van der Waals surface area (Å²) in [6.45, 7) is 4.18. The first-order valence-electron chi connectivity index (χ1n) is 11.1. The minimum atomic E-state index is -0.206. The summed E-state index contributed by atoms with van der Waals surface area (Å²) in [5.74, 6) is -0.729. The van der Waals surface area contributed by atoms with Crippen molar-refractivity contribution in [3.8, 4) is 0 Å². The quantitative estimate of drug-likeness (QED) is 0.306. The number of rotatable bonds is 10. The molecule has 0 N–H and O–H groups in total. The first-order chi connectivity index (χ1) is 14.0. The molecule has 0 aromatic carbocycles. The molecule has 0 spiro atoms. The molecule has 0 aromatic rings. The molecule has 0 aliphatic carbocycles. The van der Waals surface area contributed by atoms with Crippen LogP contribution in [0.3, 0.4) is 0 Å². The predicted octanol–water partition coefficient (Wildman–Crippen LogP) is 1.61. The topological polar surface area (TPSA) is 80.3 Å². The first-order valence-corrected chi connectivity index (χ1v) is 11.1. The average Bonchev–Trinajstić information content (AvgIpc) is 3.52. The molecule has 0 amide bonds. The van der Waals surface area contributed by atoms with Gasteiger partial charge in [0.05, 0.1) is 42.9 Å². The number of hydrogen-bond acceptors (Lipinski definition) is 7. The summed E-state index contributed by atoms with van der Waals surface area (Å²) >= 11 is 0. The molecule has 4 aliphatic rings. The van der Waals surface area contributed by atoms with Gasteiger partial charge in [-0.2, -0.15) is 0 Å². The minimum Gasteiger partial charge on any atom is -0.459 e. The SMILES string of the molecule is CC[N+](CCOC)(CCOC(=O)C1CC2CCC1O2)OC(=O)C1CC2CCC1O2. The van der Waals surface area contributed by atoms with E-state index in [1.807, 2.05) is 6.92 Å². The Morgan fingerprint density at radius 2 is 1.48 bits per heavy atom. The maximum absolute atomic E-state index is 12.9. The molecule has 8 heteroatoms. The number of ether oxygens (including phenoxy) is 4. The maximum Gasteiger partial charge on any atom is 0.372 e. The number of fused-ring (bicyclic) bond motifs is 4. The van der Waals surface area contributed by atoms with Crippen LogP contribution in [-0.2, 0) is 33.4 Å². The molecule has 164 valence electrons. The van der Waals surface area contributed by atoms with Crippen LogP contribution in [0, 0.1) is 11.8 Å². The summed E-state index contributed by atoms with van der Waals surface area (Å²) in [5.41, 5.74) is 0. The van der Waals surface area contributed by atoms with E-state index >= 15 is 0 Å². The van der Waals surface area contributed by atoms with Gasteiger partial charge in [0, 0.05) is 7.11 Å². The molecule has 29 heavy (non-hydrogen) atoms. The van der Waals surface area contributed by atoms with E-state index in [0.29, 0.717) is 26.2 Å². The van der Waals surface area contributed by atoms with Gasteiger partial charge >= 0.3 is 11.9 Å². The number of likely N-dealkylation sites (N-methyl/N-ethyl adjacent to an activating group) is 1. The summed E-state index contributed by atoms with van der Waals surface area (Å²) in [4.78, 5) is 31.4. The lowest BCUT2D eigenvalue weighted by molar-refractivity contribution is -1.09. The fourth-order valence-corrected chi connectivity index (χ4v) is 5.29. The Labute approximate surface area is 172 Å². The van der Waals surface area contributed by atoms with Gasteiger partial charge in [0.15, 0.2) is 6.54 Å². The Balaban J connectivity index is 1.31. The molecule has 4 bridgehead atoms. The van der Waals surface area contributed by atoms with E-state index in [0.717, 1.165) is 38.5 Å².